The summed E-state index contributed by atoms with van der Waals surface area (Å²) in [4.78, 5) is 24.9. The zero-order valence-electron chi connectivity index (χ0n) is 15.5. The fourth-order valence-corrected chi connectivity index (χ4v) is 3.18. The second-order valence-corrected chi connectivity index (χ2v) is 7.29. The molecule has 1 unspecified atom stereocenters. The molecule has 1 atom stereocenters. The van der Waals surface area contributed by atoms with Crippen LogP contribution in [0.5, 0.6) is 0 Å². The maximum Gasteiger partial charge on any atom is 0.319 e. The van der Waals surface area contributed by atoms with E-state index >= 15 is 0 Å². The fraction of sp³-hybridized carbons (Fsp3) is 0.238. The molecule has 0 fully saturated rings. The van der Waals surface area contributed by atoms with Crippen LogP contribution in [0.25, 0.3) is 0 Å². The maximum atomic E-state index is 12.9. The molecule has 1 aliphatic rings. The fourth-order valence-electron chi connectivity index (χ4n) is 3.05. The number of urea groups is 1. The zero-order valence-corrected chi connectivity index (χ0v) is 16.2. The standard InChI is InChI=1S/C21H22ClN3O2/c1-12(2)14-4-6-15(7-5-14)19-18(13(3)23-21(27)25-19)20(26)24-17-10-8-16(22)9-11-17/h4-12,19H,1-3H3,(H,24,26)(H2,23,25,27). The molecule has 140 valence electrons. The summed E-state index contributed by atoms with van der Waals surface area (Å²) in [7, 11) is 0. The van der Waals surface area contributed by atoms with E-state index in [-0.39, 0.29) is 11.9 Å². The lowest BCUT2D eigenvalue weighted by atomic mass is 9.92. The molecule has 2 aromatic carbocycles. The molecule has 5 nitrogen and oxygen atoms in total. The molecule has 3 amide bonds. The Balaban J connectivity index is 1.91. The lowest BCUT2D eigenvalue weighted by molar-refractivity contribution is -0.113. The van der Waals surface area contributed by atoms with E-state index in [2.05, 4.69) is 29.8 Å². The van der Waals surface area contributed by atoms with E-state index in [1.807, 2.05) is 24.3 Å². The Morgan fingerprint density at radius 2 is 1.70 bits per heavy atom. The van der Waals surface area contributed by atoms with E-state index in [4.69, 9.17) is 11.6 Å². The van der Waals surface area contributed by atoms with Gasteiger partial charge in [0.1, 0.15) is 0 Å². The molecule has 6 heteroatoms. The summed E-state index contributed by atoms with van der Waals surface area (Å²) < 4.78 is 0. The highest BCUT2D eigenvalue weighted by Crippen LogP contribution is 2.29. The molecule has 0 aliphatic carbocycles. The van der Waals surface area contributed by atoms with Gasteiger partial charge in [-0.25, -0.2) is 4.79 Å². The number of nitrogens with one attached hydrogen (secondary N) is 3. The van der Waals surface area contributed by atoms with Crippen molar-refractivity contribution < 1.29 is 9.59 Å². The van der Waals surface area contributed by atoms with Crippen LogP contribution in [-0.2, 0) is 4.79 Å². The van der Waals surface area contributed by atoms with Crippen molar-refractivity contribution in [1.82, 2.24) is 10.6 Å². The van der Waals surface area contributed by atoms with Crippen molar-refractivity contribution >= 4 is 29.2 Å². The van der Waals surface area contributed by atoms with Gasteiger partial charge in [0.2, 0.25) is 0 Å². The van der Waals surface area contributed by atoms with Gasteiger partial charge in [-0.2, -0.15) is 0 Å². The lowest BCUT2D eigenvalue weighted by Crippen LogP contribution is -2.45. The van der Waals surface area contributed by atoms with Crippen molar-refractivity contribution in [3.63, 3.8) is 0 Å². The molecular formula is C21H22ClN3O2. The summed E-state index contributed by atoms with van der Waals surface area (Å²) in [5.74, 6) is 0.131. The van der Waals surface area contributed by atoms with Crippen LogP contribution in [0.3, 0.4) is 0 Å². The maximum absolute atomic E-state index is 12.9. The number of carbonyl (C=O) groups excluding carboxylic acids is 2. The minimum atomic E-state index is -0.521. The Kier molecular flexibility index (Phi) is 5.51. The number of hydrogen-bond acceptors (Lipinski definition) is 2. The van der Waals surface area contributed by atoms with Gasteiger partial charge in [-0.1, -0.05) is 49.7 Å². The zero-order chi connectivity index (χ0) is 19.6. The van der Waals surface area contributed by atoms with Crippen LogP contribution in [0.15, 0.2) is 59.8 Å². The number of rotatable bonds is 4. The highest BCUT2D eigenvalue weighted by molar-refractivity contribution is 6.30. The lowest BCUT2D eigenvalue weighted by Gasteiger charge is -2.29. The summed E-state index contributed by atoms with van der Waals surface area (Å²) in [6, 6.07) is 14.0. The van der Waals surface area contributed by atoms with E-state index in [1.54, 1.807) is 31.2 Å². The molecule has 0 radical (unpaired) electrons. The predicted octanol–water partition coefficient (Wildman–Crippen LogP) is 4.73. The molecule has 0 aromatic heterocycles. The van der Waals surface area contributed by atoms with Crippen LogP contribution in [-0.4, -0.2) is 11.9 Å². The third-order valence-electron chi connectivity index (χ3n) is 4.55. The van der Waals surface area contributed by atoms with E-state index in [0.29, 0.717) is 27.9 Å². The summed E-state index contributed by atoms with van der Waals surface area (Å²) >= 11 is 5.89. The van der Waals surface area contributed by atoms with Gasteiger partial charge >= 0.3 is 6.03 Å². The minimum Gasteiger partial charge on any atom is -0.327 e. The molecule has 3 N–H and O–H groups in total. The van der Waals surface area contributed by atoms with Crippen molar-refractivity contribution in [2.24, 2.45) is 0 Å². The van der Waals surface area contributed by atoms with Crippen molar-refractivity contribution in [3.8, 4) is 0 Å². The number of allylic oxidation sites excluding steroid dienone is 1. The van der Waals surface area contributed by atoms with Gasteiger partial charge in [-0.15, -0.1) is 0 Å². The quantitative estimate of drug-likeness (QED) is 0.714. The van der Waals surface area contributed by atoms with Gasteiger partial charge < -0.3 is 16.0 Å². The van der Waals surface area contributed by atoms with Crippen molar-refractivity contribution in [1.29, 1.82) is 0 Å². The van der Waals surface area contributed by atoms with Gasteiger partial charge in [-0.05, 0) is 48.2 Å². The van der Waals surface area contributed by atoms with Gasteiger partial charge in [0, 0.05) is 16.4 Å². The average molecular weight is 384 g/mol. The minimum absolute atomic E-state index is 0.278. The summed E-state index contributed by atoms with van der Waals surface area (Å²) in [6.45, 7) is 5.97. The van der Waals surface area contributed by atoms with Crippen molar-refractivity contribution in [3.05, 3.63) is 76.0 Å². The number of carbonyl (C=O) groups is 2. The summed E-state index contributed by atoms with van der Waals surface area (Å²) in [6.07, 6.45) is 0. The summed E-state index contributed by atoms with van der Waals surface area (Å²) in [5.41, 5.74) is 3.70. The highest BCUT2D eigenvalue weighted by Gasteiger charge is 2.31. The van der Waals surface area contributed by atoms with Crippen LogP contribution in [0, 0.1) is 0 Å². The number of halogens is 1. The van der Waals surface area contributed by atoms with Crippen LogP contribution in [0.1, 0.15) is 43.9 Å². The van der Waals surface area contributed by atoms with Crippen LogP contribution in [0.4, 0.5) is 10.5 Å². The first-order valence-corrected chi connectivity index (χ1v) is 9.18. The molecule has 0 bridgehead atoms. The Morgan fingerprint density at radius 1 is 1.07 bits per heavy atom. The van der Waals surface area contributed by atoms with E-state index in [9.17, 15) is 9.59 Å². The Hall–Kier alpha value is -2.79. The van der Waals surface area contributed by atoms with E-state index < -0.39 is 6.04 Å². The second kappa shape index (κ2) is 7.84. The molecule has 0 saturated heterocycles. The Morgan fingerprint density at radius 3 is 2.30 bits per heavy atom. The average Bonchev–Trinajstić information content (AvgIpc) is 2.63. The SMILES string of the molecule is CC1=C(C(=O)Nc2ccc(Cl)cc2)C(c2ccc(C(C)C)cc2)NC(=O)N1. The number of benzene rings is 2. The van der Waals surface area contributed by atoms with Crippen LogP contribution >= 0.6 is 11.6 Å². The summed E-state index contributed by atoms with van der Waals surface area (Å²) in [5, 5.41) is 8.99. The molecular weight excluding hydrogens is 362 g/mol. The monoisotopic (exact) mass is 383 g/mol. The molecule has 2 aromatic rings. The van der Waals surface area contributed by atoms with Gasteiger partial charge in [-0.3, -0.25) is 4.79 Å². The Bertz CT molecular complexity index is 887. The van der Waals surface area contributed by atoms with E-state index in [1.165, 1.54) is 5.56 Å². The number of hydrogen-bond donors (Lipinski definition) is 3. The topological polar surface area (TPSA) is 70.2 Å². The first-order valence-electron chi connectivity index (χ1n) is 8.80. The third kappa shape index (κ3) is 4.31. The van der Waals surface area contributed by atoms with E-state index in [0.717, 1.165) is 5.56 Å². The van der Waals surface area contributed by atoms with Gasteiger partial charge in [0.25, 0.3) is 5.91 Å². The normalized spacial score (nSPS) is 16.8. The molecule has 1 aliphatic heterocycles. The van der Waals surface area contributed by atoms with Crippen molar-refractivity contribution in [2.45, 2.75) is 32.7 Å². The Labute approximate surface area is 163 Å². The van der Waals surface area contributed by atoms with Crippen LogP contribution in [0.2, 0.25) is 5.02 Å². The first kappa shape index (κ1) is 19.0. The molecule has 0 spiro atoms. The largest absolute Gasteiger partial charge is 0.327 e. The molecule has 0 saturated carbocycles. The molecule has 1 heterocycles. The van der Waals surface area contributed by atoms with Gasteiger partial charge in [0.05, 0.1) is 11.6 Å². The molecule has 27 heavy (non-hydrogen) atoms. The second-order valence-electron chi connectivity index (χ2n) is 6.85. The van der Waals surface area contributed by atoms with Crippen molar-refractivity contribution in [2.75, 3.05) is 5.32 Å². The smallest absolute Gasteiger partial charge is 0.319 e. The predicted molar refractivity (Wildman–Crippen MR) is 108 cm³/mol. The van der Waals surface area contributed by atoms with Gasteiger partial charge in [0.15, 0.2) is 0 Å². The third-order valence-corrected chi connectivity index (χ3v) is 4.80. The first-order chi connectivity index (χ1) is 12.8. The van der Waals surface area contributed by atoms with Crippen LogP contribution < -0.4 is 16.0 Å². The number of amides is 3. The highest BCUT2D eigenvalue weighted by atomic mass is 35.5. The molecule has 3 rings (SSSR count). The number of anilines is 1.